The molecule has 206 valence electrons. The summed E-state index contributed by atoms with van der Waals surface area (Å²) in [6, 6.07) is 11.4. The van der Waals surface area contributed by atoms with E-state index in [4.69, 9.17) is 27.9 Å². The maximum absolute atomic E-state index is 13.3. The zero-order valence-corrected chi connectivity index (χ0v) is 24.1. The van der Waals surface area contributed by atoms with E-state index in [-0.39, 0.29) is 16.4 Å². The fourth-order valence-corrected chi connectivity index (χ4v) is 5.85. The molecule has 2 aromatic heterocycles. The van der Waals surface area contributed by atoms with E-state index in [2.05, 4.69) is 14.4 Å². The molecule has 0 aliphatic carbocycles. The molecular weight excluding hydrogens is 565 g/mol. The van der Waals surface area contributed by atoms with E-state index in [1.165, 1.54) is 26.3 Å². The number of carbonyl (C=O) groups excluding carboxylic acids is 2. The zero-order chi connectivity index (χ0) is 28.5. The van der Waals surface area contributed by atoms with Gasteiger partial charge in [-0.25, -0.2) is 9.52 Å². The van der Waals surface area contributed by atoms with Crippen LogP contribution in [0.25, 0.3) is 10.9 Å². The van der Waals surface area contributed by atoms with Crippen LogP contribution in [-0.4, -0.2) is 43.6 Å². The van der Waals surface area contributed by atoms with Crippen molar-refractivity contribution >= 4 is 56.0 Å². The Morgan fingerprint density at radius 2 is 1.74 bits per heavy atom. The molecule has 0 saturated carbocycles. The van der Waals surface area contributed by atoms with Gasteiger partial charge in [0.2, 0.25) is 0 Å². The number of methoxy groups -OCH3 is 1. The molecule has 0 fully saturated rings. The third kappa shape index (κ3) is 5.93. The van der Waals surface area contributed by atoms with Crippen LogP contribution in [0.4, 0.5) is 0 Å². The first-order valence-corrected chi connectivity index (χ1v) is 14.2. The number of aryl methyl sites for hydroxylation is 3. The van der Waals surface area contributed by atoms with Gasteiger partial charge >= 0.3 is 5.97 Å². The fraction of sp³-hybridized carbons (Fsp3) is 0.259. The third-order valence-electron chi connectivity index (χ3n) is 6.32. The van der Waals surface area contributed by atoms with Gasteiger partial charge in [0.15, 0.2) is 5.03 Å². The molecule has 39 heavy (non-hydrogen) atoms. The van der Waals surface area contributed by atoms with Gasteiger partial charge in [-0.1, -0.05) is 29.3 Å². The van der Waals surface area contributed by atoms with Gasteiger partial charge in [0.1, 0.15) is 17.1 Å². The average molecular weight is 593 g/mol. The second kappa shape index (κ2) is 11.3. The molecule has 0 aliphatic rings. The van der Waals surface area contributed by atoms with Crippen LogP contribution in [0.15, 0.2) is 47.5 Å². The van der Waals surface area contributed by atoms with Crippen LogP contribution in [0.1, 0.15) is 44.1 Å². The van der Waals surface area contributed by atoms with Crippen LogP contribution < -0.4 is 9.46 Å². The molecule has 0 atom stereocenters. The Balaban J connectivity index is 1.56. The maximum Gasteiger partial charge on any atom is 0.354 e. The highest BCUT2D eigenvalue weighted by Gasteiger charge is 2.27. The quantitative estimate of drug-likeness (QED) is 0.200. The van der Waals surface area contributed by atoms with Crippen molar-refractivity contribution in [2.24, 2.45) is 7.05 Å². The molecule has 2 aromatic carbocycles. The number of ether oxygens (including phenoxy) is 2. The van der Waals surface area contributed by atoms with Crippen molar-refractivity contribution in [3.05, 3.63) is 80.6 Å². The topological polar surface area (TPSA) is 119 Å². The van der Waals surface area contributed by atoms with Gasteiger partial charge in [-0.15, -0.1) is 0 Å². The minimum Gasteiger partial charge on any atom is -0.494 e. The molecule has 9 nitrogen and oxygen atoms in total. The van der Waals surface area contributed by atoms with E-state index < -0.39 is 21.9 Å². The molecule has 0 unspecified atom stereocenters. The Kier molecular flexibility index (Phi) is 8.29. The lowest BCUT2D eigenvalue weighted by molar-refractivity contribution is 0.0589. The molecular formula is C27H27Cl2N3O6S. The van der Waals surface area contributed by atoms with Crippen LogP contribution in [0.5, 0.6) is 5.75 Å². The highest BCUT2D eigenvalue weighted by atomic mass is 35.5. The van der Waals surface area contributed by atoms with Crippen LogP contribution in [0, 0.1) is 13.8 Å². The number of halogens is 2. The molecule has 2 N–H and O–H groups in total. The van der Waals surface area contributed by atoms with Crippen LogP contribution in [-0.2, 0) is 28.2 Å². The monoisotopic (exact) mass is 591 g/mol. The van der Waals surface area contributed by atoms with Gasteiger partial charge in [-0.3, -0.25) is 4.79 Å². The van der Waals surface area contributed by atoms with Crippen molar-refractivity contribution in [2.75, 3.05) is 13.7 Å². The highest BCUT2D eigenvalue weighted by Crippen LogP contribution is 2.28. The van der Waals surface area contributed by atoms with Crippen LogP contribution >= 0.6 is 23.2 Å². The summed E-state index contributed by atoms with van der Waals surface area (Å²) in [4.78, 5) is 28.2. The number of benzene rings is 2. The number of aromatic amines is 1. The number of fused-ring (bicyclic) bond motifs is 1. The molecule has 1 amide bonds. The molecule has 2 heterocycles. The summed E-state index contributed by atoms with van der Waals surface area (Å²) in [6.45, 7) is 4.17. The normalized spacial score (nSPS) is 11.5. The smallest absolute Gasteiger partial charge is 0.354 e. The Hall–Kier alpha value is -3.47. The largest absolute Gasteiger partial charge is 0.494 e. The van der Waals surface area contributed by atoms with Crippen molar-refractivity contribution < 1.29 is 27.5 Å². The van der Waals surface area contributed by atoms with E-state index in [0.29, 0.717) is 46.3 Å². The minimum atomic E-state index is -4.32. The predicted molar refractivity (Wildman–Crippen MR) is 149 cm³/mol. The lowest BCUT2D eigenvalue weighted by Crippen LogP contribution is -2.33. The van der Waals surface area contributed by atoms with Crippen molar-refractivity contribution in [1.82, 2.24) is 14.3 Å². The molecule has 12 heteroatoms. The number of carbonyl (C=O) groups is 2. The second-order valence-corrected chi connectivity index (χ2v) is 11.5. The number of esters is 1. The summed E-state index contributed by atoms with van der Waals surface area (Å²) in [5.41, 5.74) is 3.17. The molecule has 4 rings (SSSR count). The number of rotatable bonds is 9. The lowest BCUT2D eigenvalue weighted by Gasteiger charge is -2.11. The summed E-state index contributed by atoms with van der Waals surface area (Å²) >= 11 is 12.4. The van der Waals surface area contributed by atoms with Gasteiger partial charge in [0, 0.05) is 28.0 Å². The Bertz CT molecular complexity index is 1670. The number of nitrogens with one attached hydrogen (secondary N) is 2. The lowest BCUT2D eigenvalue weighted by atomic mass is 10.1. The third-order valence-corrected chi connectivity index (χ3v) is 8.56. The minimum absolute atomic E-state index is 0.0253. The van der Waals surface area contributed by atoms with Crippen molar-refractivity contribution in [3.63, 3.8) is 0 Å². The Labute approximate surface area is 236 Å². The highest BCUT2D eigenvalue weighted by molar-refractivity contribution is 7.90. The van der Waals surface area contributed by atoms with Crippen molar-refractivity contribution in [3.8, 4) is 5.75 Å². The molecule has 0 spiro atoms. The van der Waals surface area contributed by atoms with Gasteiger partial charge in [0.25, 0.3) is 15.9 Å². The van der Waals surface area contributed by atoms with Crippen LogP contribution in [0.3, 0.4) is 0 Å². The Morgan fingerprint density at radius 3 is 2.41 bits per heavy atom. The number of nitrogens with zero attached hydrogens (tertiary/aromatic N) is 1. The second-order valence-electron chi connectivity index (χ2n) is 9.03. The number of H-pyrrole nitrogens is 1. The van der Waals surface area contributed by atoms with Gasteiger partial charge in [-0.2, -0.15) is 8.42 Å². The zero-order valence-electron chi connectivity index (χ0n) is 21.7. The van der Waals surface area contributed by atoms with E-state index in [1.807, 2.05) is 26.0 Å². The summed E-state index contributed by atoms with van der Waals surface area (Å²) in [5.74, 6) is -0.854. The van der Waals surface area contributed by atoms with Crippen LogP contribution in [0.2, 0.25) is 10.0 Å². The standard InChI is InChI=1S/C27H27Cl2N3O6S/c1-15-12-18(13-16(2)24(15)29)38-11-5-6-20-19-8-7-17(28)14-21(19)30-25(20)26(33)31-39(35,36)23-10-9-22(32(23)3)27(34)37-4/h7-10,12-14,30H,5-6,11H2,1-4H3,(H,31,33). The fourth-order valence-electron chi connectivity index (χ4n) is 4.41. The number of hydrogen-bond donors (Lipinski definition) is 2. The number of aromatic nitrogens is 2. The van der Waals surface area contributed by atoms with E-state index in [1.54, 1.807) is 18.2 Å². The molecule has 0 saturated heterocycles. The summed E-state index contributed by atoms with van der Waals surface area (Å²) in [7, 11) is -1.73. The molecule has 0 aliphatic heterocycles. The number of hydrogen-bond acceptors (Lipinski definition) is 6. The number of sulfonamides is 1. The first kappa shape index (κ1) is 28.5. The first-order chi connectivity index (χ1) is 18.4. The van der Waals surface area contributed by atoms with Crippen molar-refractivity contribution in [1.29, 1.82) is 0 Å². The SMILES string of the molecule is COC(=O)c1ccc(S(=O)(=O)NC(=O)c2[nH]c3cc(Cl)ccc3c2CCCOc2cc(C)c(Cl)c(C)c2)n1C. The predicted octanol–water partition coefficient (Wildman–Crippen LogP) is 5.35. The molecule has 0 bridgehead atoms. The first-order valence-electron chi connectivity index (χ1n) is 11.9. The molecule has 0 radical (unpaired) electrons. The summed E-state index contributed by atoms with van der Waals surface area (Å²) in [6.07, 6.45) is 0.969. The summed E-state index contributed by atoms with van der Waals surface area (Å²) in [5, 5.41) is 1.64. The van der Waals surface area contributed by atoms with E-state index >= 15 is 0 Å². The van der Waals surface area contributed by atoms with Gasteiger partial charge in [-0.05, 0) is 79.8 Å². The van der Waals surface area contributed by atoms with Gasteiger partial charge in [0.05, 0.1) is 13.7 Å². The number of amides is 1. The van der Waals surface area contributed by atoms with Crippen molar-refractivity contribution in [2.45, 2.75) is 31.7 Å². The summed E-state index contributed by atoms with van der Waals surface area (Å²) < 4.78 is 40.0. The average Bonchev–Trinajstić information content (AvgIpc) is 3.45. The van der Waals surface area contributed by atoms with E-state index in [0.717, 1.165) is 21.1 Å². The maximum atomic E-state index is 13.3. The van der Waals surface area contributed by atoms with Gasteiger partial charge < -0.3 is 19.0 Å². The Morgan fingerprint density at radius 1 is 1.05 bits per heavy atom. The van der Waals surface area contributed by atoms with E-state index in [9.17, 15) is 18.0 Å². The molecule has 4 aromatic rings.